The minimum Gasteiger partial charge on any atom is -0.395 e. The summed E-state index contributed by atoms with van der Waals surface area (Å²) in [5, 5.41) is 33.2. The molecule has 2 saturated heterocycles. The highest BCUT2D eigenvalue weighted by Crippen LogP contribution is 2.54. The molecule has 0 amide bonds. The van der Waals surface area contributed by atoms with E-state index in [0.29, 0.717) is 0 Å². The molecule has 0 spiro atoms. The van der Waals surface area contributed by atoms with Crippen molar-refractivity contribution >= 4 is 84.3 Å². The quantitative estimate of drug-likeness (QED) is 0.0862. The van der Waals surface area contributed by atoms with Crippen LogP contribution in [0.5, 0.6) is 0 Å². The molecular formula is C18H22F2N12O8P2S3. The molecule has 0 saturated carbocycles. The molecule has 1 unspecified atom stereocenters. The van der Waals surface area contributed by atoms with Crippen molar-refractivity contribution in [1.29, 1.82) is 0 Å². The first-order valence-corrected chi connectivity index (χ1v) is 17.8. The van der Waals surface area contributed by atoms with E-state index in [1.807, 2.05) is 0 Å². The smallest absolute Gasteiger partial charge is 0.325 e. The Morgan fingerprint density at radius 2 is 1.89 bits per heavy atom. The number of hydrogen-bond donors (Lipinski definition) is 7. The van der Waals surface area contributed by atoms with Crippen LogP contribution in [-0.2, 0) is 30.2 Å². The number of hydrogen-bond acceptors (Lipinski definition) is 18. The molecule has 0 aliphatic carbocycles. The molecule has 27 heteroatoms. The number of nitrogens with zero attached hydrogens (tertiary/aromatic N) is 9. The Morgan fingerprint density at radius 1 is 1.20 bits per heavy atom. The van der Waals surface area contributed by atoms with Crippen LogP contribution in [0.2, 0.25) is 0 Å². The van der Waals surface area contributed by atoms with E-state index in [9.17, 15) is 19.9 Å². The number of nitrogens with one attached hydrogen (secondary N) is 1. The van der Waals surface area contributed by atoms with E-state index in [2.05, 4.69) is 52.8 Å². The van der Waals surface area contributed by atoms with Crippen molar-refractivity contribution in [2.24, 2.45) is 0 Å². The number of H-pyrrole nitrogens is 1. The lowest BCUT2D eigenvalue weighted by Gasteiger charge is -2.26. The maximum atomic E-state index is 15.4. The highest BCUT2D eigenvalue weighted by atomic mass is 32.7. The third-order valence-corrected chi connectivity index (χ3v) is 9.58. The van der Waals surface area contributed by atoms with Crippen molar-refractivity contribution in [3.05, 3.63) is 16.7 Å². The van der Waals surface area contributed by atoms with Crippen molar-refractivity contribution in [3.8, 4) is 0 Å². The van der Waals surface area contributed by atoms with Gasteiger partial charge in [-0.05, 0) is 11.8 Å². The highest BCUT2D eigenvalue weighted by Gasteiger charge is 2.51. The lowest BCUT2D eigenvalue weighted by molar-refractivity contribution is -0.0511. The van der Waals surface area contributed by atoms with Gasteiger partial charge in [0, 0.05) is 0 Å². The number of nitrogen functional groups attached to an aromatic ring is 2. The van der Waals surface area contributed by atoms with Crippen molar-refractivity contribution in [2.75, 3.05) is 24.7 Å². The number of alkyl halides is 2. The topological polar surface area (TPSA) is 290 Å². The molecule has 4 aromatic heterocycles. The molecule has 244 valence electrons. The number of aliphatic hydroxyl groups excluding tert-OH is 2. The molecule has 6 heterocycles. The van der Waals surface area contributed by atoms with Gasteiger partial charge in [-0.25, -0.2) is 23.4 Å². The Bertz CT molecular complexity index is 1810. The number of thiol groups is 1. The molecule has 4 aromatic rings. The largest absolute Gasteiger partial charge is 0.395 e. The first-order valence-electron chi connectivity index (χ1n) is 12.3. The third kappa shape index (κ3) is 6.65. The number of nitrogens with two attached hydrogens (primary N) is 2. The minimum atomic E-state index is -4.32. The van der Waals surface area contributed by atoms with Crippen LogP contribution in [-0.4, -0.2) is 114 Å². The molecule has 0 aromatic carbocycles. The van der Waals surface area contributed by atoms with Crippen LogP contribution in [0, 0.1) is 0 Å². The van der Waals surface area contributed by atoms with Crippen LogP contribution in [0.3, 0.4) is 0 Å². The molecule has 0 radical (unpaired) electrons. The number of aromatic nitrogens is 10. The summed E-state index contributed by atoms with van der Waals surface area (Å²) in [5.74, 6) is -0.252. The van der Waals surface area contributed by atoms with Crippen LogP contribution in [0.25, 0.3) is 22.3 Å². The van der Waals surface area contributed by atoms with E-state index in [1.54, 1.807) is 0 Å². The lowest BCUT2D eigenvalue weighted by Crippen LogP contribution is -2.33. The summed E-state index contributed by atoms with van der Waals surface area (Å²) in [5.41, 5.74) is 10.5. The average Bonchev–Trinajstić information content (AvgIpc) is 3.74. The van der Waals surface area contributed by atoms with Gasteiger partial charge in [0.1, 0.15) is 36.2 Å². The van der Waals surface area contributed by atoms with Crippen molar-refractivity contribution in [1.82, 2.24) is 49.9 Å². The van der Waals surface area contributed by atoms with Crippen LogP contribution in [0.15, 0.2) is 11.1 Å². The first kappa shape index (κ1) is 33.8. The van der Waals surface area contributed by atoms with Gasteiger partial charge >= 0.3 is 6.72 Å². The van der Waals surface area contributed by atoms with Crippen molar-refractivity contribution in [2.45, 2.75) is 47.5 Å². The van der Waals surface area contributed by atoms with Gasteiger partial charge in [0.25, 0.3) is 5.56 Å². The summed E-state index contributed by atoms with van der Waals surface area (Å²) in [4.78, 5) is 37.0. The van der Waals surface area contributed by atoms with E-state index >= 15 is 8.78 Å². The number of thioether (sulfide) groups is 1. The average molecular weight is 731 g/mol. The molecule has 2 aliphatic heterocycles. The number of anilines is 2. The van der Waals surface area contributed by atoms with E-state index in [-0.39, 0.29) is 41.8 Å². The van der Waals surface area contributed by atoms with Gasteiger partial charge in [-0.3, -0.25) is 18.9 Å². The predicted molar refractivity (Wildman–Crippen MR) is 159 cm³/mol. The van der Waals surface area contributed by atoms with E-state index in [4.69, 9.17) is 41.6 Å². The fraction of sp³-hybridized carbons (Fsp3) is 0.556. The number of aromatic amines is 1. The summed E-state index contributed by atoms with van der Waals surface area (Å²) in [6.45, 7) is -5.60. The summed E-state index contributed by atoms with van der Waals surface area (Å²) in [7, 11) is -0.139. The van der Waals surface area contributed by atoms with Gasteiger partial charge in [-0.15, -0.1) is 22.0 Å². The Labute approximate surface area is 264 Å². The second kappa shape index (κ2) is 13.7. The summed E-state index contributed by atoms with van der Waals surface area (Å²) in [6, 6.07) is 0. The van der Waals surface area contributed by atoms with Crippen molar-refractivity contribution < 1.29 is 42.2 Å². The predicted octanol–water partition coefficient (Wildman–Crippen LogP) is -0.804. The Morgan fingerprint density at radius 3 is 2.60 bits per heavy atom. The molecular weight excluding hydrogens is 708 g/mol. The van der Waals surface area contributed by atoms with Crippen LogP contribution in [0.1, 0.15) is 11.6 Å². The van der Waals surface area contributed by atoms with Crippen LogP contribution < -0.4 is 17.0 Å². The zero-order chi connectivity index (χ0) is 32.6. The maximum Gasteiger partial charge on any atom is 0.325 e. The summed E-state index contributed by atoms with van der Waals surface area (Å²) in [6.07, 6.45) is -9.01. The third-order valence-electron chi connectivity index (χ3n) is 6.52. The molecule has 6 rings (SSSR count). The number of fused-ring (bicyclic) bond motifs is 2. The van der Waals surface area contributed by atoms with Gasteiger partial charge in [0.05, 0.1) is 18.5 Å². The van der Waals surface area contributed by atoms with Crippen LogP contribution in [0.4, 0.5) is 20.5 Å². The lowest BCUT2D eigenvalue weighted by atomic mass is 10.1. The zero-order valence-corrected chi connectivity index (χ0v) is 26.4. The van der Waals surface area contributed by atoms with Gasteiger partial charge in [-0.1, -0.05) is 22.7 Å². The molecule has 9 atom stereocenters. The summed E-state index contributed by atoms with van der Waals surface area (Å²) < 4.78 is 57.7. The van der Waals surface area contributed by atoms with Gasteiger partial charge in [0.15, 0.2) is 40.5 Å². The van der Waals surface area contributed by atoms with Gasteiger partial charge < -0.3 is 35.8 Å². The number of ether oxygens (including phenoxy) is 1. The van der Waals surface area contributed by atoms with E-state index < -0.39 is 73.0 Å². The monoisotopic (exact) mass is 730 g/mol. The first-order chi connectivity index (χ1) is 21.4. The Balaban J connectivity index is 0.00000128. The fourth-order valence-corrected chi connectivity index (χ4v) is 7.39. The second-order valence-electron chi connectivity index (χ2n) is 9.23. The van der Waals surface area contributed by atoms with Gasteiger partial charge in [-0.2, -0.15) is 9.67 Å². The second-order valence-corrected chi connectivity index (χ2v) is 14.0. The zero-order valence-electron chi connectivity index (χ0n) is 22.1. The SMILES string of the molecule is Nc1nc2c(nnn2[C@@H]2S[C@H](CO)[C@@H](F)[C@H]2OP(O)(=S)OC[C@H]2O[C@@H](n3nnc4c(N)ncnc43)[C@@H](F)[C@@H]2O)c(=O)[nH]1.O=PS. The fourth-order valence-electron chi connectivity index (χ4n) is 4.52. The normalized spacial score (nSPS) is 29.6. The van der Waals surface area contributed by atoms with E-state index in [0.717, 1.165) is 27.5 Å². The Kier molecular flexibility index (Phi) is 10.2. The summed E-state index contributed by atoms with van der Waals surface area (Å²) >= 11 is 9.15. The van der Waals surface area contributed by atoms with Gasteiger partial charge in [0.2, 0.25) is 13.6 Å². The van der Waals surface area contributed by atoms with Crippen LogP contribution >= 0.6 is 38.4 Å². The highest BCUT2D eigenvalue weighted by molar-refractivity contribution is 8.33. The molecule has 20 nitrogen and oxygen atoms in total. The number of halogens is 2. The molecule has 2 aliphatic rings. The standard InChI is InChI=1S/C18H21F2N12O7PS2.HOPS/c19-6-5(1-33)42-17(32-14-9(28-30-32)15(35)26-18(22)25-14)11(6)39-40(36,41)37-2-4-10(34)7(20)16(38-4)31-13-8(27-29-31)12(21)23-3-24-13;1-2-3/h3-7,10-11,16-17,33-34H,1-2H2,(H,36,41)(H2,21,23,24)(H3,22,25,26,35);(H,1,3)/t4-,5-,6-,7+,10-,11-,16-,17-,40?;/m1./s1. The number of aliphatic hydroxyl groups is 2. The molecule has 8 N–H and O–H groups in total. The maximum absolute atomic E-state index is 15.4. The Hall–Kier alpha value is -2.57. The molecule has 0 bridgehead atoms. The minimum absolute atomic E-state index is 0.00105. The molecule has 45 heavy (non-hydrogen) atoms. The van der Waals surface area contributed by atoms with E-state index in [1.165, 1.54) is 0 Å². The molecule has 2 fully saturated rings. The van der Waals surface area contributed by atoms with Crippen molar-refractivity contribution in [3.63, 3.8) is 0 Å². The number of rotatable bonds is 8.